The molecule has 1 aliphatic rings. The van der Waals surface area contributed by atoms with E-state index in [1.165, 1.54) is 5.56 Å². The largest absolute Gasteiger partial charge is 0.481 e. The van der Waals surface area contributed by atoms with Gasteiger partial charge in [-0.05, 0) is 30.5 Å². The molecule has 0 radical (unpaired) electrons. The second-order valence-corrected chi connectivity index (χ2v) is 7.22. The van der Waals surface area contributed by atoms with Crippen LogP contribution >= 0.6 is 0 Å². The highest BCUT2D eigenvalue weighted by Gasteiger charge is 2.21. The lowest BCUT2D eigenvalue weighted by atomic mass is 10.0. The number of nitrogens with one attached hydrogen (secondary N) is 1. The van der Waals surface area contributed by atoms with Crippen LogP contribution in [0.3, 0.4) is 0 Å². The van der Waals surface area contributed by atoms with Gasteiger partial charge < -0.3 is 10.1 Å². The highest BCUT2D eigenvalue weighted by molar-refractivity contribution is 5.85. The van der Waals surface area contributed by atoms with E-state index in [2.05, 4.69) is 39.5 Å². The van der Waals surface area contributed by atoms with E-state index < -0.39 is 0 Å². The number of rotatable bonds is 6. The molecule has 3 aromatic rings. The first-order valence-electron chi connectivity index (χ1n) is 9.80. The van der Waals surface area contributed by atoms with Crippen LogP contribution in [-0.4, -0.2) is 41.5 Å². The summed E-state index contributed by atoms with van der Waals surface area (Å²) in [6.07, 6.45) is 3.67. The van der Waals surface area contributed by atoms with Crippen molar-refractivity contribution in [1.82, 2.24) is 15.2 Å². The van der Waals surface area contributed by atoms with Gasteiger partial charge in [-0.2, -0.15) is 0 Å². The number of hydrogen-bond donors (Lipinski definition) is 1. The Balaban J connectivity index is 1.24. The number of nitrogens with zero attached hydrogens (tertiary/aromatic N) is 2. The van der Waals surface area contributed by atoms with Crippen LogP contribution in [0, 0.1) is 0 Å². The van der Waals surface area contributed by atoms with E-state index in [-0.39, 0.29) is 18.6 Å². The first-order valence-corrected chi connectivity index (χ1v) is 9.80. The van der Waals surface area contributed by atoms with Gasteiger partial charge in [0.15, 0.2) is 6.61 Å². The van der Waals surface area contributed by atoms with Crippen LogP contribution in [0.1, 0.15) is 18.4 Å². The Kier molecular flexibility index (Phi) is 5.83. The molecule has 0 unspecified atom stereocenters. The third kappa shape index (κ3) is 4.67. The average molecular weight is 375 g/mol. The maximum atomic E-state index is 12.3. The monoisotopic (exact) mass is 375 g/mol. The molecule has 1 aliphatic heterocycles. The fourth-order valence-corrected chi connectivity index (χ4v) is 3.68. The summed E-state index contributed by atoms with van der Waals surface area (Å²) in [5.41, 5.74) is 2.12. The van der Waals surface area contributed by atoms with Crippen molar-refractivity contribution in [3.8, 4) is 5.75 Å². The van der Waals surface area contributed by atoms with Crippen molar-refractivity contribution in [2.24, 2.45) is 0 Å². The van der Waals surface area contributed by atoms with Crippen molar-refractivity contribution in [3.63, 3.8) is 0 Å². The maximum Gasteiger partial charge on any atom is 0.258 e. The number of aromatic nitrogens is 1. The van der Waals surface area contributed by atoms with Gasteiger partial charge in [0.1, 0.15) is 11.3 Å². The van der Waals surface area contributed by atoms with Crippen molar-refractivity contribution in [2.75, 3.05) is 19.7 Å². The second kappa shape index (κ2) is 8.85. The Labute approximate surface area is 165 Å². The van der Waals surface area contributed by atoms with Crippen molar-refractivity contribution in [1.29, 1.82) is 0 Å². The maximum absolute atomic E-state index is 12.3. The van der Waals surface area contributed by atoms with E-state index in [9.17, 15) is 4.79 Å². The van der Waals surface area contributed by atoms with Crippen LogP contribution in [0.2, 0.25) is 0 Å². The van der Waals surface area contributed by atoms with E-state index in [0.29, 0.717) is 5.75 Å². The molecule has 4 rings (SSSR count). The lowest BCUT2D eigenvalue weighted by Crippen LogP contribution is -2.45. The molecule has 2 aromatic carbocycles. The molecule has 144 valence electrons. The van der Waals surface area contributed by atoms with E-state index in [4.69, 9.17) is 4.74 Å². The van der Waals surface area contributed by atoms with Gasteiger partial charge in [-0.3, -0.25) is 14.7 Å². The van der Waals surface area contributed by atoms with Crippen molar-refractivity contribution < 1.29 is 9.53 Å². The molecular formula is C23H25N3O2. The van der Waals surface area contributed by atoms with Crippen LogP contribution in [0.5, 0.6) is 5.75 Å². The first-order chi connectivity index (χ1) is 13.8. The fraction of sp³-hybridized carbons (Fsp3) is 0.304. The summed E-state index contributed by atoms with van der Waals surface area (Å²) >= 11 is 0. The molecule has 1 aromatic heterocycles. The van der Waals surface area contributed by atoms with Crippen molar-refractivity contribution in [3.05, 3.63) is 72.4 Å². The minimum atomic E-state index is -0.0746. The standard InChI is InChI=1S/C23H25N3O2/c27-22(17-28-21-10-4-8-19-9-5-13-24-23(19)21)25-20-11-14-26(15-12-20)16-18-6-2-1-3-7-18/h1-10,13,20H,11-12,14-17H2,(H,25,27). The van der Waals surface area contributed by atoms with Crippen molar-refractivity contribution >= 4 is 16.8 Å². The van der Waals surface area contributed by atoms with Crippen LogP contribution in [0.4, 0.5) is 0 Å². The van der Waals surface area contributed by atoms with E-state index in [0.717, 1.165) is 43.4 Å². The smallest absolute Gasteiger partial charge is 0.258 e. The molecule has 1 amide bonds. The van der Waals surface area contributed by atoms with Gasteiger partial charge in [0.05, 0.1) is 0 Å². The SMILES string of the molecule is O=C(COc1cccc2cccnc12)NC1CCN(Cc2ccccc2)CC1. The summed E-state index contributed by atoms with van der Waals surface area (Å²) in [5.74, 6) is 0.570. The summed E-state index contributed by atoms with van der Waals surface area (Å²) in [5, 5.41) is 4.12. The zero-order valence-corrected chi connectivity index (χ0v) is 15.9. The van der Waals surface area contributed by atoms with Gasteiger partial charge in [0, 0.05) is 37.3 Å². The van der Waals surface area contributed by atoms with Gasteiger partial charge in [-0.25, -0.2) is 0 Å². The molecule has 1 fully saturated rings. The van der Waals surface area contributed by atoms with Gasteiger partial charge in [-0.1, -0.05) is 48.5 Å². The Morgan fingerprint density at radius 3 is 2.64 bits per heavy atom. The molecule has 5 nitrogen and oxygen atoms in total. The lowest BCUT2D eigenvalue weighted by Gasteiger charge is -2.32. The fourth-order valence-electron chi connectivity index (χ4n) is 3.68. The van der Waals surface area contributed by atoms with Crippen molar-refractivity contribution in [2.45, 2.75) is 25.4 Å². The number of ether oxygens (including phenoxy) is 1. The lowest BCUT2D eigenvalue weighted by molar-refractivity contribution is -0.124. The number of fused-ring (bicyclic) bond motifs is 1. The molecule has 0 saturated carbocycles. The second-order valence-electron chi connectivity index (χ2n) is 7.22. The number of benzene rings is 2. The van der Waals surface area contributed by atoms with E-state index >= 15 is 0 Å². The number of hydrogen-bond acceptors (Lipinski definition) is 4. The minimum Gasteiger partial charge on any atom is -0.481 e. The molecule has 0 atom stereocenters. The molecule has 5 heteroatoms. The number of pyridine rings is 1. The molecule has 1 N–H and O–H groups in total. The van der Waals surface area contributed by atoms with Crippen LogP contribution in [0.15, 0.2) is 66.9 Å². The number of carbonyl (C=O) groups excluding carboxylic acids is 1. The number of amides is 1. The molecule has 28 heavy (non-hydrogen) atoms. The predicted octanol–water partition coefficient (Wildman–Crippen LogP) is 3.39. The highest BCUT2D eigenvalue weighted by Crippen LogP contribution is 2.22. The summed E-state index contributed by atoms with van der Waals surface area (Å²) in [4.78, 5) is 19.1. The highest BCUT2D eigenvalue weighted by atomic mass is 16.5. The Morgan fingerprint density at radius 1 is 1.04 bits per heavy atom. The summed E-state index contributed by atoms with van der Waals surface area (Å²) < 4.78 is 5.74. The van der Waals surface area contributed by atoms with Gasteiger partial charge >= 0.3 is 0 Å². The molecular weight excluding hydrogens is 350 g/mol. The predicted molar refractivity (Wildman–Crippen MR) is 110 cm³/mol. The van der Waals surface area contributed by atoms with Crippen LogP contribution in [-0.2, 0) is 11.3 Å². The third-order valence-corrected chi connectivity index (χ3v) is 5.16. The zero-order valence-electron chi connectivity index (χ0n) is 15.9. The zero-order chi connectivity index (χ0) is 19.2. The normalized spacial score (nSPS) is 15.4. The summed E-state index contributed by atoms with van der Waals surface area (Å²) in [6.45, 7) is 2.97. The first kappa shape index (κ1) is 18.4. The Morgan fingerprint density at radius 2 is 1.82 bits per heavy atom. The number of para-hydroxylation sites is 1. The average Bonchev–Trinajstić information content (AvgIpc) is 2.74. The Bertz CT molecular complexity index is 916. The molecule has 0 aliphatic carbocycles. The number of piperidine rings is 1. The number of likely N-dealkylation sites (tertiary alicyclic amines) is 1. The van der Waals surface area contributed by atoms with E-state index in [1.807, 2.05) is 36.4 Å². The third-order valence-electron chi connectivity index (χ3n) is 5.16. The number of carbonyl (C=O) groups is 1. The van der Waals surface area contributed by atoms with Gasteiger partial charge in [-0.15, -0.1) is 0 Å². The summed E-state index contributed by atoms with van der Waals surface area (Å²) in [7, 11) is 0. The molecule has 0 bridgehead atoms. The quantitative estimate of drug-likeness (QED) is 0.718. The van der Waals surface area contributed by atoms with Gasteiger partial charge in [0.25, 0.3) is 5.91 Å². The molecule has 2 heterocycles. The van der Waals surface area contributed by atoms with Crippen LogP contribution < -0.4 is 10.1 Å². The molecule has 0 spiro atoms. The van der Waals surface area contributed by atoms with Crippen LogP contribution in [0.25, 0.3) is 10.9 Å². The topological polar surface area (TPSA) is 54.5 Å². The summed E-state index contributed by atoms with van der Waals surface area (Å²) in [6, 6.07) is 20.4. The molecule has 1 saturated heterocycles. The minimum absolute atomic E-state index is 0.0138. The Hall–Kier alpha value is -2.92. The van der Waals surface area contributed by atoms with Gasteiger partial charge in [0.2, 0.25) is 0 Å². The van der Waals surface area contributed by atoms with E-state index in [1.54, 1.807) is 6.20 Å².